The summed E-state index contributed by atoms with van der Waals surface area (Å²) in [6.07, 6.45) is -4.58. The van der Waals surface area contributed by atoms with Gasteiger partial charge in [-0.3, -0.25) is 0 Å². The van der Waals surface area contributed by atoms with E-state index in [4.69, 9.17) is 0 Å². The summed E-state index contributed by atoms with van der Waals surface area (Å²) < 4.78 is 39.3. The molecule has 0 aliphatic rings. The number of alkyl halides is 3. The van der Waals surface area contributed by atoms with Crippen LogP contribution in [0.15, 0.2) is 40.2 Å². The van der Waals surface area contributed by atoms with Crippen LogP contribution in [-0.2, 0) is 11.0 Å². The van der Waals surface area contributed by atoms with Gasteiger partial charge in [0.1, 0.15) is 0 Å². The number of anilines is 1. The van der Waals surface area contributed by atoms with Crippen LogP contribution >= 0.6 is 27.3 Å². The number of carbonyl (C=O) groups is 1. The third kappa shape index (κ3) is 3.76. The molecule has 112 valence electrons. The molecule has 0 aliphatic carbocycles. The third-order valence-electron chi connectivity index (χ3n) is 2.66. The second kappa shape index (κ2) is 6.07. The van der Waals surface area contributed by atoms with E-state index in [1.807, 2.05) is 0 Å². The Bertz CT molecular complexity index is 643. The van der Waals surface area contributed by atoms with Crippen molar-refractivity contribution in [1.29, 1.82) is 0 Å². The van der Waals surface area contributed by atoms with Crippen molar-refractivity contribution in [3.05, 3.63) is 50.6 Å². The lowest BCUT2D eigenvalue weighted by Crippen LogP contribution is -2.21. The van der Waals surface area contributed by atoms with Crippen LogP contribution in [0.1, 0.15) is 16.5 Å². The van der Waals surface area contributed by atoms with E-state index in [0.29, 0.717) is 4.88 Å². The molecule has 2 aromatic rings. The van der Waals surface area contributed by atoms with Crippen molar-refractivity contribution in [2.75, 3.05) is 5.32 Å². The predicted molar refractivity (Wildman–Crippen MR) is 77.5 cm³/mol. The fourth-order valence-corrected chi connectivity index (χ4v) is 2.87. The summed E-state index contributed by atoms with van der Waals surface area (Å²) in [5.74, 6) is -1.24. The van der Waals surface area contributed by atoms with Gasteiger partial charge in [0.25, 0.3) is 0 Å². The van der Waals surface area contributed by atoms with Gasteiger partial charge in [-0.25, -0.2) is 4.79 Å². The Balaban J connectivity index is 2.40. The number of aliphatic carboxylic acids is 1. The third-order valence-corrected chi connectivity index (χ3v) is 4.09. The average molecular weight is 380 g/mol. The maximum Gasteiger partial charge on any atom is 0.418 e. The van der Waals surface area contributed by atoms with Gasteiger partial charge in [0.15, 0.2) is 6.04 Å². The summed E-state index contributed by atoms with van der Waals surface area (Å²) >= 11 is 4.14. The zero-order valence-electron chi connectivity index (χ0n) is 10.3. The quantitative estimate of drug-likeness (QED) is 0.804. The number of benzene rings is 1. The summed E-state index contributed by atoms with van der Waals surface area (Å²) in [4.78, 5) is 11.7. The highest BCUT2D eigenvalue weighted by Gasteiger charge is 2.35. The smallest absolute Gasteiger partial charge is 0.418 e. The Morgan fingerprint density at radius 1 is 1.33 bits per heavy atom. The monoisotopic (exact) mass is 379 g/mol. The van der Waals surface area contributed by atoms with Crippen molar-refractivity contribution in [2.45, 2.75) is 12.2 Å². The zero-order chi connectivity index (χ0) is 15.6. The lowest BCUT2D eigenvalue weighted by Gasteiger charge is -2.19. The molecule has 1 aromatic carbocycles. The fraction of sp³-hybridized carbons (Fsp3) is 0.154. The summed E-state index contributed by atoms with van der Waals surface area (Å²) in [6, 6.07) is 5.51. The number of hydrogen-bond acceptors (Lipinski definition) is 3. The molecule has 0 aliphatic heterocycles. The normalized spacial score (nSPS) is 13.0. The van der Waals surface area contributed by atoms with Crippen LogP contribution < -0.4 is 5.32 Å². The van der Waals surface area contributed by atoms with Gasteiger partial charge in [-0.2, -0.15) is 13.2 Å². The minimum Gasteiger partial charge on any atom is -0.479 e. The maximum atomic E-state index is 13.0. The van der Waals surface area contributed by atoms with Crippen molar-refractivity contribution in [2.24, 2.45) is 0 Å². The van der Waals surface area contributed by atoms with Crippen molar-refractivity contribution >= 4 is 38.9 Å². The summed E-state index contributed by atoms with van der Waals surface area (Å²) in [5, 5.41) is 13.3. The van der Waals surface area contributed by atoms with Crippen molar-refractivity contribution in [1.82, 2.24) is 0 Å². The van der Waals surface area contributed by atoms with E-state index in [1.54, 1.807) is 17.5 Å². The van der Waals surface area contributed by atoms with Crippen LogP contribution in [0.4, 0.5) is 18.9 Å². The first-order valence-corrected chi connectivity index (χ1v) is 7.36. The maximum absolute atomic E-state index is 13.0. The molecule has 21 heavy (non-hydrogen) atoms. The fourth-order valence-electron chi connectivity index (χ4n) is 1.74. The highest BCUT2D eigenvalue weighted by Crippen LogP contribution is 2.38. The van der Waals surface area contributed by atoms with E-state index >= 15 is 0 Å². The first kappa shape index (κ1) is 15.8. The summed E-state index contributed by atoms with van der Waals surface area (Å²) in [5.41, 5.74) is -1.19. The molecule has 0 bridgehead atoms. The lowest BCUT2D eigenvalue weighted by molar-refractivity contribution is -0.139. The van der Waals surface area contributed by atoms with E-state index in [2.05, 4.69) is 21.2 Å². The van der Waals surface area contributed by atoms with Gasteiger partial charge in [-0.1, -0.05) is 22.0 Å². The summed E-state index contributed by atoms with van der Waals surface area (Å²) in [7, 11) is 0. The molecule has 1 aromatic heterocycles. The Morgan fingerprint density at radius 3 is 2.57 bits per heavy atom. The van der Waals surface area contributed by atoms with Crippen LogP contribution in [0.5, 0.6) is 0 Å². The topological polar surface area (TPSA) is 49.3 Å². The standard InChI is InChI=1S/C13H9BrF3NO2S/c14-7-3-4-9(8(6-7)13(15,16)17)18-11(12(19)20)10-2-1-5-21-10/h1-6,11,18H,(H,19,20). The van der Waals surface area contributed by atoms with Gasteiger partial charge in [-0.05, 0) is 29.6 Å². The molecular weight excluding hydrogens is 371 g/mol. The van der Waals surface area contributed by atoms with Gasteiger partial charge < -0.3 is 10.4 Å². The minimum absolute atomic E-state index is 0.267. The van der Waals surface area contributed by atoms with E-state index in [1.165, 1.54) is 12.1 Å². The molecule has 1 atom stereocenters. The van der Waals surface area contributed by atoms with Crippen molar-refractivity contribution in [3.63, 3.8) is 0 Å². The molecule has 0 amide bonds. The average Bonchev–Trinajstić information content (AvgIpc) is 2.89. The highest BCUT2D eigenvalue weighted by molar-refractivity contribution is 9.10. The first-order valence-electron chi connectivity index (χ1n) is 5.68. The molecule has 8 heteroatoms. The molecule has 3 nitrogen and oxygen atoms in total. The number of halogens is 4. The van der Waals surface area contributed by atoms with Gasteiger partial charge in [0, 0.05) is 15.0 Å². The molecule has 2 rings (SSSR count). The molecule has 0 saturated heterocycles. The van der Waals surface area contributed by atoms with Crippen LogP contribution in [0.25, 0.3) is 0 Å². The Labute approximate surface area is 130 Å². The highest BCUT2D eigenvalue weighted by atomic mass is 79.9. The molecule has 0 fully saturated rings. The number of carboxylic acids is 1. The Morgan fingerprint density at radius 2 is 2.05 bits per heavy atom. The molecule has 0 radical (unpaired) electrons. The van der Waals surface area contributed by atoms with E-state index in [0.717, 1.165) is 17.4 Å². The summed E-state index contributed by atoms with van der Waals surface area (Å²) in [6.45, 7) is 0. The second-order valence-electron chi connectivity index (χ2n) is 4.12. The largest absolute Gasteiger partial charge is 0.479 e. The zero-order valence-corrected chi connectivity index (χ0v) is 12.7. The van der Waals surface area contributed by atoms with Gasteiger partial charge in [0.05, 0.1) is 5.56 Å². The lowest BCUT2D eigenvalue weighted by atomic mass is 10.1. The van der Waals surface area contributed by atoms with E-state index in [-0.39, 0.29) is 10.2 Å². The molecule has 1 heterocycles. The molecule has 1 unspecified atom stereocenters. The van der Waals surface area contributed by atoms with Crippen LogP contribution in [-0.4, -0.2) is 11.1 Å². The van der Waals surface area contributed by atoms with Crippen LogP contribution in [0.3, 0.4) is 0 Å². The number of rotatable bonds is 4. The number of thiophene rings is 1. The molecule has 0 saturated carbocycles. The second-order valence-corrected chi connectivity index (χ2v) is 6.01. The number of hydrogen-bond donors (Lipinski definition) is 2. The Hall–Kier alpha value is -1.54. The Kier molecular flexibility index (Phi) is 4.58. The SMILES string of the molecule is O=C(O)C(Nc1ccc(Br)cc1C(F)(F)F)c1cccs1. The molecule has 2 N–H and O–H groups in total. The number of carboxylic acid groups (broad SMARTS) is 1. The van der Waals surface area contributed by atoms with E-state index < -0.39 is 23.8 Å². The minimum atomic E-state index is -4.58. The molecular formula is C13H9BrF3NO2S. The van der Waals surface area contributed by atoms with E-state index in [9.17, 15) is 23.1 Å². The van der Waals surface area contributed by atoms with Crippen LogP contribution in [0.2, 0.25) is 0 Å². The van der Waals surface area contributed by atoms with Gasteiger partial charge >= 0.3 is 12.1 Å². The van der Waals surface area contributed by atoms with Gasteiger partial charge in [-0.15, -0.1) is 11.3 Å². The predicted octanol–water partition coefficient (Wildman–Crippen LogP) is 4.77. The van der Waals surface area contributed by atoms with Crippen LogP contribution in [0, 0.1) is 0 Å². The first-order chi connectivity index (χ1) is 9.79. The van der Waals surface area contributed by atoms with Gasteiger partial charge in [0.2, 0.25) is 0 Å². The van der Waals surface area contributed by atoms with Crippen molar-refractivity contribution in [3.8, 4) is 0 Å². The number of nitrogens with one attached hydrogen (secondary N) is 1. The molecule has 0 spiro atoms. The van der Waals surface area contributed by atoms with Crippen molar-refractivity contribution < 1.29 is 23.1 Å².